The minimum atomic E-state index is -3.65. The largest absolute Gasteiger partial charge is 0.350 e. The third-order valence-electron chi connectivity index (χ3n) is 2.70. The number of hydrogen-bond acceptors (Lipinski definition) is 5. The number of pyridine rings is 1. The summed E-state index contributed by atoms with van der Waals surface area (Å²) in [6.07, 6.45) is 0.539. The van der Waals surface area contributed by atoms with Gasteiger partial charge >= 0.3 is 0 Å². The average molecular weight is 325 g/mol. The number of nitrogens with one attached hydrogen (secondary N) is 1. The first-order chi connectivity index (χ1) is 9.86. The molecule has 0 aliphatic carbocycles. The van der Waals surface area contributed by atoms with Crippen molar-refractivity contribution >= 4 is 27.3 Å². The van der Waals surface area contributed by atoms with Crippen molar-refractivity contribution in [1.82, 2.24) is 10.3 Å². The number of nitrogens with zero attached hydrogens (tertiary/aromatic N) is 1. The van der Waals surface area contributed by atoms with Crippen molar-refractivity contribution in [3.8, 4) is 0 Å². The Morgan fingerprint density at radius 2 is 2.10 bits per heavy atom. The van der Waals surface area contributed by atoms with Crippen LogP contribution in [-0.4, -0.2) is 25.9 Å². The lowest BCUT2D eigenvalue weighted by Crippen LogP contribution is -2.26. The van der Waals surface area contributed by atoms with E-state index < -0.39 is 10.0 Å². The molecular formula is C13H15N3O3S2. The number of nitrogens with two attached hydrogens (primary N) is 1. The number of aromatic nitrogens is 1. The maximum Gasteiger partial charge on any atom is 0.269 e. The number of aryl methyl sites for hydroxylation is 1. The van der Waals surface area contributed by atoms with Crippen molar-refractivity contribution in [2.24, 2.45) is 5.14 Å². The predicted molar refractivity (Wildman–Crippen MR) is 80.7 cm³/mol. The van der Waals surface area contributed by atoms with Crippen LogP contribution in [0.25, 0.3) is 0 Å². The molecule has 0 saturated heterocycles. The van der Waals surface area contributed by atoms with E-state index in [1.165, 1.54) is 6.07 Å². The van der Waals surface area contributed by atoms with Crippen molar-refractivity contribution in [1.29, 1.82) is 0 Å². The molecule has 0 radical (unpaired) electrons. The molecule has 2 aromatic heterocycles. The molecule has 2 rings (SSSR count). The van der Waals surface area contributed by atoms with Crippen LogP contribution in [0.5, 0.6) is 0 Å². The highest BCUT2D eigenvalue weighted by molar-refractivity contribution is 7.91. The third kappa shape index (κ3) is 4.35. The normalized spacial score (nSPS) is 11.3. The van der Waals surface area contributed by atoms with Gasteiger partial charge in [0.2, 0.25) is 10.0 Å². The van der Waals surface area contributed by atoms with E-state index in [0.29, 0.717) is 18.7 Å². The minimum absolute atomic E-state index is 0.129. The molecule has 1 amide bonds. The number of rotatable bonds is 5. The lowest BCUT2D eigenvalue weighted by atomic mass is 10.3. The van der Waals surface area contributed by atoms with E-state index >= 15 is 0 Å². The molecule has 0 unspecified atom stereocenters. The van der Waals surface area contributed by atoms with Crippen LogP contribution in [0, 0.1) is 6.92 Å². The van der Waals surface area contributed by atoms with E-state index in [4.69, 9.17) is 5.14 Å². The number of carbonyl (C=O) groups is 1. The molecule has 2 aromatic rings. The molecule has 6 nitrogen and oxygen atoms in total. The Hall–Kier alpha value is -1.77. The number of thiophene rings is 1. The molecular weight excluding hydrogens is 310 g/mol. The summed E-state index contributed by atoms with van der Waals surface area (Å²) in [6.45, 7) is 2.22. The van der Waals surface area contributed by atoms with E-state index in [9.17, 15) is 13.2 Å². The highest BCUT2D eigenvalue weighted by atomic mass is 32.2. The highest BCUT2D eigenvalue weighted by Gasteiger charge is 2.11. The van der Waals surface area contributed by atoms with Crippen LogP contribution in [0.1, 0.15) is 21.1 Å². The van der Waals surface area contributed by atoms with Crippen molar-refractivity contribution in [2.75, 3.05) is 6.54 Å². The van der Waals surface area contributed by atoms with Crippen LogP contribution in [0.15, 0.2) is 34.5 Å². The summed E-state index contributed by atoms with van der Waals surface area (Å²) in [5.41, 5.74) is 1.14. The molecule has 0 bridgehead atoms. The van der Waals surface area contributed by atoms with Crippen molar-refractivity contribution in [3.05, 3.63) is 46.6 Å². The zero-order valence-electron chi connectivity index (χ0n) is 11.4. The third-order valence-corrected chi connectivity index (χ3v) is 5.28. The lowest BCUT2D eigenvalue weighted by molar-refractivity contribution is 0.0949. The van der Waals surface area contributed by atoms with Crippen LogP contribution < -0.4 is 10.5 Å². The molecule has 0 atom stereocenters. The molecule has 112 valence electrons. The fraction of sp³-hybridized carbons (Fsp3) is 0.231. The molecule has 2 heterocycles. The quantitative estimate of drug-likeness (QED) is 0.858. The SMILES string of the molecule is Cc1cccc(C(=O)NCCc2ccc(S(N)(=O)=O)s2)n1. The van der Waals surface area contributed by atoms with E-state index in [0.717, 1.165) is 21.9 Å². The number of carbonyl (C=O) groups excluding carboxylic acids is 1. The molecule has 0 aliphatic rings. The van der Waals surface area contributed by atoms with Gasteiger partial charge in [0.1, 0.15) is 9.90 Å². The lowest BCUT2D eigenvalue weighted by Gasteiger charge is -2.04. The maximum atomic E-state index is 11.9. The molecule has 3 N–H and O–H groups in total. The van der Waals surface area contributed by atoms with Crippen LogP contribution in [0.3, 0.4) is 0 Å². The van der Waals surface area contributed by atoms with Crippen molar-refractivity contribution in [2.45, 2.75) is 17.6 Å². The number of amides is 1. The second-order valence-electron chi connectivity index (χ2n) is 4.44. The first-order valence-corrected chi connectivity index (χ1v) is 8.56. The average Bonchev–Trinajstić information content (AvgIpc) is 2.87. The number of primary sulfonamides is 1. The van der Waals surface area contributed by atoms with Gasteiger partial charge in [0.15, 0.2) is 0 Å². The fourth-order valence-electron chi connectivity index (χ4n) is 1.70. The van der Waals surface area contributed by atoms with Crippen molar-refractivity contribution in [3.63, 3.8) is 0 Å². The van der Waals surface area contributed by atoms with Crippen LogP contribution in [-0.2, 0) is 16.4 Å². The predicted octanol–water partition coefficient (Wildman–Crippen LogP) is 1.07. The Kier molecular flexibility index (Phi) is 4.71. The summed E-state index contributed by atoms with van der Waals surface area (Å²) in [5.74, 6) is -0.248. The highest BCUT2D eigenvalue weighted by Crippen LogP contribution is 2.20. The Labute approximate surface area is 127 Å². The standard InChI is InChI=1S/C13H15N3O3S2/c1-9-3-2-4-11(16-9)13(17)15-8-7-10-5-6-12(20-10)21(14,18)19/h2-6H,7-8H2,1H3,(H,15,17)(H2,14,18,19). The Morgan fingerprint density at radius 3 is 2.71 bits per heavy atom. The zero-order chi connectivity index (χ0) is 15.5. The molecule has 0 fully saturated rings. The van der Waals surface area contributed by atoms with Crippen molar-refractivity contribution < 1.29 is 13.2 Å². The summed E-state index contributed by atoms with van der Waals surface area (Å²) in [4.78, 5) is 16.8. The van der Waals surface area contributed by atoms with Crippen LogP contribution in [0.2, 0.25) is 0 Å². The summed E-state index contributed by atoms with van der Waals surface area (Å²) in [6, 6.07) is 8.40. The molecule has 0 aromatic carbocycles. The minimum Gasteiger partial charge on any atom is -0.350 e. The molecule has 0 spiro atoms. The monoisotopic (exact) mass is 325 g/mol. The van der Waals surface area contributed by atoms with Gasteiger partial charge in [-0.1, -0.05) is 6.07 Å². The Bertz CT molecular complexity index is 754. The first kappa shape index (κ1) is 15.6. The fourth-order valence-corrected chi connectivity index (χ4v) is 3.48. The summed E-state index contributed by atoms with van der Waals surface area (Å²) in [5, 5.41) is 7.79. The molecule has 21 heavy (non-hydrogen) atoms. The van der Waals surface area contributed by atoms with E-state index in [1.807, 2.05) is 13.0 Å². The van der Waals surface area contributed by atoms with Gasteiger partial charge in [-0.05, 0) is 37.6 Å². The Morgan fingerprint density at radius 1 is 1.33 bits per heavy atom. The second-order valence-corrected chi connectivity index (χ2v) is 7.39. The van der Waals surface area contributed by atoms with Gasteiger partial charge < -0.3 is 5.32 Å². The Balaban J connectivity index is 1.90. The van der Waals surface area contributed by atoms with Gasteiger partial charge in [0.05, 0.1) is 0 Å². The second kappa shape index (κ2) is 6.33. The summed E-state index contributed by atoms with van der Waals surface area (Å²) < 4.78 is 22.4. The first-order valence-electron chi connectivity index (χ1n) is 6.19. The summed E-state index contributed by atoms with van der Waals surface area (Å²) >= 11 is 1.11. The van der Waals surface area contributed by atoms with Crippen LogP contribution in [0.4, 0.5) is 0 Å². The van der Waals surface area contributed by atoms with Gasteiger partial charge in [-0.3, -0.25) is 4.79 Å². The number of sulfonamides is 1. The molecule has 0 aliphatic heterocycles. The van der Waals surface area contributed by atoms with Gasteiger partial charge in [0.25, 0.3) is 5.91 Å². The topological polar surface area (TPSA) is 102 Å². The molecule has 8 heteroatoms. The smallest absolute Gasteiger partial charge is 0.269 e. The van der Waals surface area contributed by atoms with Gasteiger partial charge in [-0.15, -0.1) is 11.3 Å². The zero-order valence-corrected chi connectivity index (χ0v) is 13.0. The van der Waals surface area contributed by atoms with Gasteiger partial charge in [0, 0.05) is 17.1 Å². The summed E-state index contributed by atoms with van der Waals surface area (Å²) in [7, 11) is -3.65. The number of hydrogen-bond donors (Lipinski definition) is 2. The maximum absolute atomic E-state index is 11.9. The van der Waals surface area contributed by atoms with Crippen LogP contribution >= 0.6 is 11.3 Å². The van der Waals surface area contributed by atoms with Gasteiger partial charge in [-0.2, -0.15) is 0 Å². The van der Waals surface area contributed by atoms with E-state index in [1.54, 1.807) is 18.2 Å². The van der Waals surface area contributed by atoms with Gasteiger partial charge in [-0.25, -0.2) is 18.5 Å². The van der Waals surface area contributed by atoms with E-state index in [2.05, 4.69) is 10.3 Å². The molecule has 0 saturated carbocycles. The van der Waals surface area contributed by atoms with E-state index in [-0.39, 0.29) is 10.1 Å².